The van der Waals surface area contributed by atoms with E-state index in [-0.39, 0.29) is 0 Å². The number of hydrogen-bond donors (Lipinski definition) is 1. The van der Waals surface area contributed by atoms with E-state index in [4.69, 9.17) is 4.74 Å². The fraction of sp³-hybridized carbons (Fsp3) is 0.500. The summed E-state index contributed by atoms with van der Waals surface area (Å²) in [6, 6.07) is 6.46. The molecular formula is C12H19NO. The molecule has 0 aliphatic carbocycles. The first kappa shape index (κ1) is 11.2. The molecule has 0 bridgehead atoms. The Bertz CT molecular complexity index is 284. The smallest absolute Gasteiger partial charge is 0.0717 e. The van der Waals surface area contributed by atoms with Gasteiger partial charge in [0.05, 0.1) is 13.2 Å². The van der Waals surface area contributed by atoms with Crippen LogP contribution in [0.2, 0.25) is 0 Å². The molecule has 2 heteroatoms. The van der Waals surface area contributed by atoms with Crippen molar-refractivity contribution in [3.8, 4) is 0 Å². The van der Waals surface area contributed by atoms with Gasteiger partial charge < -0.3 is 10.1 Å². The van der Waals surface area contributed by atoms with Crippen LogP contribution in [0.15, 0.2) is 18.2 Å². The normalized spacial score (nSPS) is 10.5. The molecule has 1 aromatic rings. The summed E-state index contributed by atoms with van der Waals surface area (Å²) in [6.07, 6.45) is 0. The average Bonchev–Trinajstić information content (AvgIpc) is 2.18. The van der Waals surface area contributed by atoms with Crippen molar-refractivity contribution in [1.29, 1.82) is 0 Å². The van der Waals surface area contributed by atoms with Crippen LogP contribution < -0.4 is 5.32 Å². The average molecular weight is 193 g/mol. The summed E-state index contributed by atoms with van der Waals surface area (Å²) in [5, 5.41) is 3.05. The molecule has 1 N–H and O–H groups in total. The van der Waals surface area contributed by atoms with Gasteiger partial charge in [-0.25, -0.2) is 0 Å². The second kappa shape index (κ2) is 5.78. The van der Waals surface area contributed by atoms with Crippen LogP contribution in [0.5, 0.6) is 0 Å². The zero-order valence-electron chi connectivity index (χ0n) is 9.26. The highest BCUT2D eigenvalue weighted by molar-refractivity contribution is 5.29. The quantitative estimate of drug-likeness (QED) is 0.723. The van der Waals surface area contributed by atoms with Crippen LogP contribution in [0.1, 0.15) is 16.7 Å². The van der Waals surface area contributed by atoms with Gasteiger partial charge in [-0.1, -0.05) is 18.2 Å². The Hall–Kier alpha value is -0.860. The van der Waals surface area contributed by atoms with Gasteiger partial charge in [0, 0.05) is 6.54 Å². The van der Waals surface area contributed by atoms with Gasteiger partial charge in [0.2, 0.25) is 0 Å². The Morgan fingerprint density at radius 2 is 2.00 bits per heavy atom. The third-order valence-corrected chi connectivity index (χ3v) is 2.34. The van der Waals surface area contributed by atoms with Crippen molar-refractivity contribution in [2.45, 2.75) is 20.5 Å². The maximum atomic E-state index is 5.49. The van der Waals surface area contributed by atoms with Crippen molar-refractivity contribution in [2.75, 3.05) is 20.2 Å². The molecule has 0 radical (unpaired) electrons. The molecule has 14 heavy (non-hydrogen) atoms. The molecule has 0 saturated heterocycles. The number of rotatable bonds is 5. The number of hydrogen-bond acceptors (Lipinski definition) is 2. The maximum Gasteiger partial charge on any atom is 0.0717 e. The molecule has 0 amide bonds. The Morgan fingerprint density at radius 3 is 2.64 bits per heavy atom. The number of aryl methyl sites for hydroxylation is 2. The minimum absolute atomic E-state index is 0.711. The summed E-state index contributed by atoms with van der Waals surface area (Å²) in [4.78, 5) is 0. The van der Waals surface area contributed by atoms with E-state index >= 15 is 0 Å². The second-order valence-electron chi connectivity index (χ2n) is 3.57. The van der Waals surface area contributed by atoms with Crippen molar-refractivity contribution >= 4 is 0 Å². The first-order valence-corrected chi connectivity index (χ1v) is 5.02. The summed E-state index contributed by atoms with van der Waals surface area (Å²) >= 11 is 0. The minimum atomic E-state index is 0.711. The molecule has 0 heterocycles. The minimum Gasteiger partial charge on any atom is -0.375 e. The molecule has 0 aliphatic heterocycles. The monoisotopic (exact) mass is 193 g/mol. The Morgan fingerprint density at radius 1 is 1.21 bits per heavy atom. The van der Waals surface area contributed by atoms with E-state index in [2.05, 4.69) is 37.4 Å². The van der Waals surface area contributed by atoms with Crippen LogP contribution in [-0.4, -0.2) is 20.2 Å². The lowest BCUT2D eigenvalue weighted by atomic mass is 10.1. The summed E-state index contributed by atoms with van der Waals surface area (Å²) in [5.41, 5.74) is 3.92. The zero-order chi connectivity index (χ0) is 10.4. The van der Waals surface area contributed by atoms with Gasteiger partial charge in [0.1, 0.15) is 0 Å². The fourth-order valence-corrected chi connectivity index (χ4v) is 1.26. The second-order valence-corrected chi connectivity index (χ2v) is 3.57. The predicted octanol–water partition coefficient (Wildman–Crippen LogP) is 2.04. The zero-order valence-corrected chi connectivity index (χ0v) is 9.26. The maximum absolute atomic E-state index is 5.49. The predicted molar refractivity (Wildman–Crippen MR) is 59.5 cm³/mol. The first-order valence-electron chi connectivity index (χ1n) is 5.02. The largest absolute Gasteiger partial charge is 0.375 e. The molecule has 0 fully saturated rings. The van der Waals surface area contributed by atoms with E-state index in [0.29, 0.717) is 6.61 Å². The van der Waals surface area contributed by atoms with Crippen molar-refractivity contribution < 1.29 is 4.74 Å². The van der Waals surface area contributed by atoms with Crippen molar-refractivity contribution in [3.63, 3.8) is 0 Å². The van der Waals surface area contributed by atoms with Crippen LogP contribution in [0.3, 0.4) is 0 Å². The van der Waals surface area contributed by atoms with E-state index in [0.717, 1.165) is 13.2 Å². The topological polar surface area (TPSA) is 21.3 Å². The Labute approximate surface area is 86.3 Å². The van der Waals surface area contributed by atoms with Crippen LogP contribution >= 0.6 is 0 Å². The summed E-state index contributed by atoms with van der Waals surface area (Å²) in [7, 11) is 1.93. The van der Waals surface area contributed by atoms with Crippen LogP contribution in [0.4, 0.5) is 0 Å². The molecule has 1 aromatic carbocycles. The van der Waals surface area contributed by atoms with E-state index < -0.39 is 0 Å². The molecule has 0 unspecified atom stereocenters. The summed E-state index contributed by atoms with van der Waals surface area (Å²) < 4.78 is 5.49. The lowest BCUT2D eigenvalue weighted by molar-refractivity contribution is 0.124. The molecule has 0 spiro atoms. The van der Waals surface area contributed by atoms with E-state index in [1.165, 1.54) is 16.7 Å². The third-order valence-electron chi connectivity index (χ3n) is 2.34. The Kier molecular flexibility index (Phi) is 4.63. The van der Waals surface area contributed by atoms with Gasteiger partial charge in [0.25, 0.3) is 0 Å². The first-order chi connectivity index (χ1) is 6.74. The standard InChI is InChI=1S/C12H19NO/c1-10-4-5-12(8-11(10)2)9-14-7-6-13-3/h4-5,8,13H,6-7,9H2,1-3H3. The molecule has 0 aromatic heterocycles. The van der Waals surface area contributed by atoms with Crippen molar-refractivity contribution in [3.05, 3.63) is 34.9 Å². The molecule has 0 atom stereocenters. The molecule has 0 saturated carbocycles. The van der Waals surface area contributed by atoms with Crippen LogP contribution in [-0.2, 0) is 11.3 Å². The van der Waals surface area contributed by atoms with E-state index in [1.54, 1.807) is 0 Å². The van der Waals surface area contributed by atoms with Gasteiger partial charge in [-0.05, 0) is 37.6 Å². The van der Waals surface area contributed by atoms with Gasteiger partial charge in [-0.2, -0.15) is 0 Å². The number of ether oxygens (including phenoxy) is 1. The van der Waals surface area contributed by atoms with Gasteiger partial charge in [-0.15, -0.1) is 0 Å². The lowest BCUT2D eigenvalue weighted by Gasteiger charge is -2.06. The van der Waals surface area contributed by atoms with Gasteiger partial charge in [-0.3, -0.25) is 0 Å². The lowest BCUT2D eigenvalue weighted by Crippen LogP contribution is -2.14. The third kappa shape index (κ3) is 3.48. The molecular weight excluding hydrogens is 174 g/mol. The SMILES string of the molecule is CNCCOCc1ccc(C)c(C)c1. The van der Waals surface area contributed by atoms with E-state index in [9.17, 15) is 0 Å². The summed E-state index contributed by atoms with van der Waals surface area (Å²) in [5.74, 6) is 0. The molecule has 0 aliphatic rings. The van der Waals surface area contributed by atoms with E-state index in [1.807, 2.05) is 7.05 Å². The summed E-state index contributed by atoms with van der Waals surface area (Å²) in [6.45, 7) is 6.64. The van der Waals surface area contributed by atoms with Crippen LogP contribution in [0, 0.1) is 13.8 Å². The number of nitrogens with one attached hydrogen (secondary N) is 1. The van der Waals surface area contributed by atoms with Crippen molar-refractivity contribution in [2.24, 2.45) is 0 Å². The number of likely N-dealkylation sites (N-methyl/N-ethyl adjacent to an activating group) is 1. The molecule has 78 valence electrons. The highest BCUT2D eigenvalue weighted by Crippen LogP contribution is 2.10. The Balaban J connectivity index is 2.39. The van der Waals surface area contributed by atoms with Crippen LogP contribution in [0.25, 0.3) is 0 Å². The fourth-order valence-electron chi connectivity index (χ4n) is 1.26. The van der Waals surface area contributed by atoms with Gasteiger partial charge in [0.15, 0.2) is 0 Å². The molecule has 2 nitrogen and oxygen atoms in total. The van der Waals surface area contributed by atoms with Crippen molar-refractivity contribution in [1.82, 2.24) is 5.32 Å². The van der Waals surface area contributed by atoms with Gasteiger partial charge >= 0.3 is 0 Å². The molecule has 1 rings (SSSR count). The highest BCUT2D eigenvalue weighted by Gasteiger charge is 1.96. The highest BCUT2D eigenvalue weighted by atomic mass is 16.5. The number of benzene rings is 1.